The van der Waals surface area contributed by atoms with Crippen LogP contribution in [0.3, 0.4) is 0 Å². The molecule has 2 unspecified atom stereocenters. The third-order valence-electron chi connectivity index (χ3n) is 1.18. The molecule has 0 saturated heterocycles. The fourth-order valence-corrected chi connectivity index (χ4v) is 1.23. The van der Waals surface area contributed by atoms with Gasteiger partial charge in [-0.1, -0.05) is 22.6 Å². The summed E-state index contributed by atoms with van der Waals surface area (Å²) in [5.41, 5.74) is 5.50. The molecule has 3 heteroatoms. The van der Waals surface area contributed by atoms with E-state index in [-0.39, 0.29) is 6.17 Å². The Kier molecular flexibility index (Phi) is 2.25. The summed E-state index contributed by atoms with van der Waals surface area (Å²) in [5, 5.41) is 0. The van der Waals surface area contributed by atoms with Gasteiger partial charge in [0.25, 0.3) is 0 Å². The summed E-state index contributed by atoms with van der Waals surface area (Å²) in [5.74, 6) is 0. The number of halogens is 1. The first-order valence-corrected chi connectivity index (χ1v) is 3.96. The Balaban J connectivity index is 2.42. The van der Waals surface area contributed by atoms with E-state index in [9.17, 15) is 0 Å². The molecule has 2 nitrogen and oxygen atoms in total. The molecule has 2 atom stereocenters. The van der Waals surface area contributed by atoms with Gasteiger partial charge in [-0.05, 0) is 12.8 Å². The minimum atomic E-state index is 0.0843. The normalized spacial score (nSPS) is 37.8. The quantitative estimate of drug-likeness (QED) is 0.482. The molecule has 1 rings (SSSR count). The molecule has 1 heterocycles. The van der Waals surface area contributed by atoms with Crippen molar-refractivity contribution in [3.8, 4) is 0 Å². The number of hydrogen-bond donors (Lipinski definition) is 1. The van der Waals surface area contributed by atoms with Crippen LogP contribution < -0.4 is 5.73 Å². The van der Waals surface area contributed by atoms with Crippen molar-refractivity contribution in [1.82, 2.24) is 0 Å². The Morgan fingerprint density at radius 2 is 2.38 bits per heavy atom. The highest BCUT2D eigenvalue weighted by Crippen LogP contribution is 2.12. The van der Waals surface area contributed by atoms with Crippen molar-refractivity contribution in [2.45, 2.75) is 22.9 Å². The van der Waals surface area contributed by atoms with Crippen molar-refractivity contribution in [3.63, 3.8) is 0 Å². The second-order valence-corrected chi connectivity index (χ2v) is 3.56. The number of rotatable bonds is 0. The van der Waals surface area contributed by atoms with E-state index < -0.39 is 0 Å². The van der Waals surface area contributed by atoms with Crippen molar-refractivity contribution in [3.05, 3.63) is 0 Å². The number of nitrogens with zero attached hydrogens (tertiary/aromatic N) is 1. The van der Waals surface area contributed by atoms with Gasteiger partial charge in [-0.3, -0.25) is 4.99 Å². The van der Waals surface area contributed by atoms with E-state index >= 15 is 0 Å². The van der Waals surface area contributed by atoms with E-state index in [2.05, 4.69) is 27.6 Å². The maximum Gasteiger partial charge on any atom is 0.0966 e. The Labute approximate surface area is 62.7 Å². The fourth-order valence-electron chi connectivity index (χ4n) is 0.683. The molecule has 0 aliphatic carbocycles. The van der Waals surface area contributed by atoms with Crippen molar-refractivity contribution in [2.75, 3.05) is 0 Å². The van der Waals surface area contributed by atoms with Crippen molar-refractivity contribution >= 4 is 28.8 Å². The summed E-state index contributed by atoms with van der Waals surface area (Å²) in [4.78, 5) is 4.06. The van der Waals surface area contributed by atoms with E-state index in [0.29, 0.717) is 3.92 Å². The largest absolute Gasteiger partial charge is 0.310 e. The number of nitrogens with two attached hydrogens (primary N) is 1. The summed E-state index contributed by atoms with van der Waals surface area (Å²) < 4.78 is 0.618. The van der Waals surface area contributed by atoms with Gasteiger partial charge in [-0.25, -0.2) is 0 Å². The molecule has 0 aromatic heterocycles. The number of alkyl halides is 1. The Bertz CT molecular complexity index is 90.6. The van der Waals surface area contributed by atoms with E-state index in [1.807, 2.05) is 6.21 Å². The first-order chi connectivity index (χ1) is 3.79. The second-order valence-electron chi connectivity index (χ2n) is 1.96. The van der Waals surface area contributed by atoms with Gasteiger partial charge < -0.3 is 5.73 Å². The van der Waals surface area contributed by atoms with Crippen LogP contribution in [0.5, 0.6) is 0 Å². The molecule has 1 aliphatic rings. The molecule has 0 saturated carbocycles. The Morgan fingerprint density at radius 1 is 1.62 bits per heavy atom. The van der Waals surface area contributed by atoms with Gasteiger partial charge in [0, 0.05) is 10.1 Å². The molecule has 2 N–H and O–H groups in total. The second kappa shape index (κ2) is 2.77. The predicted octanol–water partition coefficient (Wildman–Crippen LogP) is 0.939. The van der Waals surface area contributed by atoms with Crippen LogP contribution >= 0.6 is 22.6 Å². The van der Waals surface area contributed by atoms with Crippen LogP contribution in [-0.4, -0.2) is 16.3 Å². The van der Waals surface area contributed by atoms with Crippen LogP contribution in [0.2, 0.25) is 0 Å². The monoisotopic (exact) mass is 224 g/mol. The molecule has 1 aliphatic heterocycles. The molecular weight excluding hydrogens is 215 g/mol. The van der Waals surface area contributed by atoms with Crippen LogP contribution in [0.15, 0.2) is 4.99 Å². The first kappa shape index (κ1) is 6.48. The Morgan fingerprint density at radius 3 is 2.75 bits per heavy atom. The van der Waals surface area contributed by atoms with Gasteiger partial charge in [0.15, 0.2) is 0 Å². The maximum atomic E-state index is 5.50. The zero-order chi connectivity index (χ0) is 5.98. The van der Waals surface area contributed by atoms with Gasteiger partial charge in [0.05, 0.1) is 6.17 Å². The maximum absolute atomic E-state index is 5.50. The van der Waals surface area contributed by atoms with Crippen LogP contribution in [0.4, 0.5) is 0 Å². The minimum Gasteiger partial charge on any atom is -0.310 e. The van der Waals surface area contributed by atoms with E-state index in [4.69, 9.17) is 5.73 Å². The standard InChI is InChI=1S/C5H9IN2/c6-4-1-2-5(7)8-3-4/h3-5H,1-2,7H2. The summed E-state index contributed by atoms with van der Waals surface area (Å²) in [6, 6.07) is 0. The Hall–Kier alpha value is 0.360. The third kappa shape index (κ3) is 1.70. The predicted molar refractivity (Wildman–Crippen MR) is 43.5 cm³/mol. The zero-order valence-electron chi connectivity index (χ0n) is 4.55. The molecule has 0 aromatic rings. The van der Waals surface area contributed by atoms with Gasteiger partial charge in [0.1, 0.15) is 0 Å². The van der Waals surface area contributed by atoms with Gasteiger partial charge in [-0.2, -0.15) is 0 Å². The summed E-state index contributed by atoms with van der Waals surface area (Å²) in [6.07, 6.45) is 4.25. The fraction of sp³-hybridized carbons (Fsp3) is 0.800. The SMILES string of the molecule is NC1CCC(I)C=N1. The van der Waals surface area contributed by atoms with Crippen molar-refractivity contribution in [1.29, 1.82) is 0 Å². The molecule has 0 radical (unpaired) electrons. The summed E-state index contributed by atoms with van der Waals surface area (Å²) in [6.45, 7) is 0. The topological polar surface area (TPSA) is 38.4 Å². The average Bonchev–Trinajstić information content (AvgIpc) is 1.77. The van der Waals surface area contributed by atoms with Crippen LogP contribution in [-0.2, 0) is 0 Å². The van der Waals surface area contributed by atoms with Crippen molar-refractivity contribution < 1.29 is 0 Å². The van der Waals surface area contributed by atoms with Gasteiger partial charge in [-0.15, -0.1) is 0 Å². The molecular formula is C5H9IN2. The lowest BCUT2D eigenvalue weighted by atomic mass is 10.2. The molecule has 0 bridgehead atoms. The van der Waals surface area contributed by atoms with Crippen LogP contribution in [0, 0.1) is 0 Å². The van der Waals surface area contributed by atoms with Crippen molar-refractivity contribution in [2.24, 2.45) is 10.7 Å². The molecule has 0 spiro atoms. The number of aliphatic imine (C=N–C) groups is 1. The van der Waals surface area contributed by atoms with Gasteiger partial charge in [0.2, 0.25) is 0 Å². The lowest BCUT2D eigenvalue weighted by Crippen LogP contribution is -2.23. The smallest absolute Gasteiger partial charge is 0.0966 e. The van der Waals surface area contributed by atoms with Crippen LogP contribution in [0.25, 0.3) is 0 Å². The van der Waals surface area contributed by atoms with E-state index in [0.717, 1.165) is 6.42 Å². The lowest BCUT2D eigenvalue weighted by Gasteiger charge is -2.13. The highest BCUT2D eigenvalue weighted by molar-refractivity contribution is 14.1. The highest BCUT2D eigenvalue weighted by Gasteiger charge is 2.09. The minimum absolute atomic E-state index is 0.0843. The number of hydrogen-bond acceptors (Lipinski definition) is 2. The molecule has 0 amide bonds. The molecule has 46 valence electrons. The molecule has 0 fully saturated rings. The lowest BCUT2D eigenvalue weighted by molar-refractivity contribution is 0.605. The molecule has 8 heavy (non-hydrogen) atoms. The summed E-state index contributed by atoms with van der Waals surface area (Å²) in [7, 11) is 0. The highest BCUT2D eigenvalue weighted by atomic mass is 127. The van der Waals surface area contributed by atoms with Crippen LogP contribution in [0.1, 0.15) is 12.8 Å². The first-order valence-electron chi connectivity index (χ1n) is 2.72. The summed E-state index contributed by atoms with van der Waals surface area (Å²) >= 11 is 2.36. The zero-order valence-corrected chi connectivity index (χ0v) is 6.71. The van der Waals surface area contributed by atoms with Gasteiger partial charge >= 0.3 is 0 Å². The average molecular weight is 224 g/mol. The van der Waals surface area contributed by atoms with E-state index in [1.54, 1.807) is 0 Å². The van der Waals surface area contributed by atoms with E-state index in [1.165, 1.54) is 6.42 Å². The third-order valence-corrected chi connectivity index (χ3v) is 2.12. The molecule has 0 aromatic carbocycles.